The van der Waals surface area contributed by atoms with Crippen LogP contribution in [0.25, 0.3) is 5.57 Å². The average Bonchev–Trinajstić information content (AvgIpc) is 2.91. The molecule has 5 nitrogen and oxygen atoms in total. The van der Waals surface area contributed by atoms with E-state index in [9.17, 15) is 8.42 Å². The van der Waals surface area contributed by atoms with Gasteiger partial charge in [-0.3, -0.25) is 0 Å². The molecule has 2 heterocycles. The zero-order chi connectivity index (χ0) is 15.2. The van der Waals surface area contributed by atoms with Crippen molar-refractivity contribution in [1.82, 2.24) is 0 Å². The van der Waals surface area contributed by atoms with Crippen LogP contribution in [0.1, 0.15) is 5.56 Å². The molecule has 0 spiro atoms. The fourth-order valence-corrected chi connectivity index (χ4v) is 4.33. The van der Waals surface area contributed by atoms with Crippen molar-refractivity contribution in [2.75, 3.05) is 10.9 Å². The smallest absolute Gasteiger partial charge is 0.231 e. The zero-order valence-electron chi connectivity index (χ0n) is 11.5. The van der Waals surface area contributed by atoms with E-state index in [4.69, 9.17) is 9.78 Å². The van der Waals surface area contributed by atoms with E-state index >= 15 is 0 Å². The number of hydrogen-bond donors (Lipinski definition) is 0. The van der Waals surface area contributed by atoms with Gasteiger partial charge in [-0.05, 0) is 24.3 Å². The Bertz CT molecular complexity index is 845. The van der Waals surface area contributed by atoms with Crippen LogP contribution in [0, 0.1) is 0 Å². The van der Waals surface area contributed by atoms with Gasteiger partial charge in [0, 0.05) is 11.1 Å². The van der Waals surface area contributed by atoms with E-state index in [1.54, 1.807) is 36.4 Å². The normalized spacial score (nSPS) is 20.3. The molecule has 2 aliphatic heterocycles. The molecule has 6 heteroatoms. The Kier molecular flexibility index (Phi) is 3.04. The highest BCUT2D eigenvalue weighted by molar-refractivity contribution is 7.93. The van der Waals surface area contributed by atoms with Gasteiger partial charge in [0.05, 0.1) is 10.6 Å². The average molecular weight is 315 g/mol. The summed E-state index contributed by atoms with van der Waals surface area (Å²) >= 11 is 0. The molecule has 0 saturated carbocycles. The van der Waals surface area contributed by atoms with Crippen LogP contribution in [0.2, 0.25) is 0 Å². The summed E-state index contributed by atoms with van der Waals surface area (Å²) in [5.41, 5.74) is 2.28. The van der Waals surface area contributed by atoms with Crippen LogP contribution in [0.5, 0.6) is 0 Å². The van der Waals surface area contributed by atoms with Crippen LogP contribution in [0.3, 0.4) is 0 Å². The maximum atomic E-state index is 13.0. The summed E-state index contributed by atoms with van der Waals surface area (Å²) in [5, 5.41) is 0. The number of fused-ring (bicyclic) bond motifs is 3. The van der Waals surface area contributed by atoms with Crippen LogP contribution in [-0.2, 0) is 19.8 Å². The zero-order valence-corrected chi connectivity index (χ0v) is 12.4. The first-order valence-corrected chi connectivity index (χ1v) is 8.31. The SMILES string of the molecule is O=S(=O)(c1ccccc1)N1c2ccccc2C2=CCOOC21. The van der Waals surface area contributed by atoms with Crippen molar-refractivity contribution in [1.29, 1.82) is 0 Å². The second-order valence-corrected chi connectivity index (χ2v) is 6.84. The standard InChI is InChI=1S/C16H13NO4S/c18-22(19,12-6-2-1-3-7-12)17-15-9-5-4-8-13(15)14-10-11-20-21-16(14)17/h1-10,16H,11H2. The molecule has 112 valence electrons. The maximum absolute atomic E-state index is 13.0. The molecule has 0 saturated heterocycles. The van der Waals surface area contributed by atoms with E-state index in [2.05, 4.69) is 0 Å². The maximum Gasteiger partial charge on any atom is 0.266 e. The molecule has 2 aliphatic rings. The molecule has 0 radical (unpaired) electrons. The molecule has 0 amide bonds. The Labute approximate surface area is 128 Å². The molecule has 4 rings (SSSR count). The second-order valence-electron chi connectivity index (χ2n) is 5.02. The quantitative estimate of drug-likeness (QED) is 0.799. The van der Waals surface area contributed by atoms with Crippen LogP contribution in [0.4, 0.5) is 5.69 Å². The Morgan fingerprint density at radius 3 is 2.55 bits per heavy atom. The second kappa shape index (κ2) is 4.95. The van der Waals surface area contributed by atoms with Crippen LogP contribution in [-0.4, -0.2) is 21.3 Å². The molecule has 0 fully saturated rings. The van der Waals surface area contributed by atoms with E-state index in [-0.39, 0.29) is 4.90 Å². The van der Waals surface area contributed by atoms with Crippen LogP contribution in [0.15, 0.2) is 65.6 Å². The van der Waals surface area contributed by atoms with E-state index < -0.39 is 16.3 Å². The van der Waals surface area contributed by atoms with Gasteiger partial charge in [0.15, 0.2) is 0 Å². The topological polar surface area (TPSA) is 55.8 Å². The molecule has 22 heavy (non-hydrogen) atoms. The Hall–Kier alpha value is -2.15. The van der Waals surface area contributed by atoms with Gasteiger partial charge < -0.3 is 0 Å². The van der Waals surface area contributed by atoms with E-state index in [0.717, 1.165) is 11.1 Å². The highest BCUT2D eigenvalue weighted by Gasteiger charge is 2.44. The van der Waals surface area contributed by atoms with Gasteiger partial charge >= 0.3 is 0 Å². The number of hydrogen-bond acceptors (Lipinski definition) is 4. The number of para-hydroxylation sites is 1. The lowest BCUT2D eigenvalue weighted by Gasteiger charge is -2.27. The first-order valence-electron chi connectivity index (χ1n) is 6.87. The van der Waals surface area contributed by atoms with Crippen molar-refractivity contribution in [2.24, 2.45) is 0 Å². The van der Waals surface area contributed by atoms with Gasteiger partial charge in [-0.15, -0.1) is 0 Å². The molecule has 2 aromatic rings. The fourth-order valence-electron chi connectivity index (χ4n) is 2.79. The number of rotatable bonds is 2. The first kappa shape index (κ1) is 13.5. The van der Waals surface area contributed by atoms with Gasteiger partial charge in [-0.25, -0.2) is 22.5 Å². The molecule has 0 bridgehead atoms. The summed E-state index contributed by atoms with van der Waals surface area (Å²) in [6.07, 6.45) is 1.07. The number of nitrogens with zero attached hydrogens (tertiary/aromatic N) is 1. The summed E-state index contributed by atoms with van der Waals surface area (Å²) in [4.78, 5) is 10.5. The fraction of sp³-hybridized carbons (Fsp3) is 0.125. The molecule has 0 aromatic heterocycles. The predicted molar refractivity (Wildman–Crippen MR) is 81.4 cm³/mol. The summed E-state index contributed by atoms with van der Waals surface area (Å²) in [7, 11) is -3.73. The third-order valence-corrected chi connectivity index (χ3v) is 5.54. The summed E-state index contributed by atoms with van der Waals surface area (Å²) < 4.78 is 27.3. The van der Waals surface area contributed by atoms with Crippen LogP contribution < -0.4 is 4.31 Å². The largest absolute Gasteiger partial charge is 0.266 e. The van der Waals surface area contributed by atoms with Crippen LogP contribution >= 0.6 is 0 Å². The summed E-state index contributed by atoms with van der Waals surface area (Å²) in [6, 6.07) is 15.7. The summed E-state index contributed by atoms with van der Waals surface area (Å²) in [5.74, 6) is 0. The molecule has 0 N–H and O–H groups in total. The molecule has 1 atom stereocenters. The number of sulfonamides is 1. The lowest BCUT2D eigenvalue weighted by molar-refractivity contribution is -0.305. The lowest BCUT2D eigenvalue weighted by atomic mass is 10.1. The molecular weight excluding hydrogens is 302 g/mol. The highest BCUT2D eigenvalue weighted by Crippen LogP contribution is 2.44. The molecular formula is C16H13NO4S. The Morgan fingerprint density at radius 2 is 1.73 bits per heavy atom. The number of benzene rings is 2. The van der Waals surface area contributed by atoms with Crippen molar-refractivity contribution in [3.8, 4) is 0 Å². The third kappa shape index (κ3) is 1.89. The first-order chi connectivity index (χ1) is 10.7. The van der Waals surface area contributed by atoms with E-state index in [1.807, 2.05) is 24.3 Å². The Morgan fingerprint density at radius 1 is 1.00 bits per heavy atom. The van der Waals surface area contributed by atoms with Crippen molar-refractivity contribution >= 4 is 21.3 Å². The molecule has 0 aliphatic carbocycles. The van der Waals surface area contributed by atoms with E-state index in [0.29, 0.717) is 12.3 Å². The third-order valence-electron chi connectivity index (χ3n) is 3.76. The minimum atomic E-state index is -3.73. The highest BCUT2D eigenvalue weighted by atomic mass is 32.2. The minimum absolute atomic E-state index is 0.222. The summed E-state index contributed by atoms with van der Waals surface area (Å²) in [6.45, 7) is 0.305. The minimum Gasteiger partial charge on any atom is -0.231 e. The molecule has 1 unspecified atom stereocenters. The van der Waals surface area contributed by atoms with E-state index in [1.165, 1.54) is 4.31 Å². The van der Waals surface area contributed by atoms with Crippen molar-refractivity contribution in [3.05, 3.63) is 66.2 Å². The van der Waals surface area contributed by atoms with Gasteiger partial charge in [0.1, 0.15) is 6.61 Å². The lowest BCUT2D eigenvalue weighted by Crippen LogP contribution is -2.40. The Balaban J connectivity index is 1.92. The molecule has 2 aromatic carbocycles. The van der Waals surface area contributed by atoms with Gasteiger partial charge in [0.2, 0.25) is 6.23 Å². The van der Waals surface area contributed by atoms with Gasteiger partial charge in [-0.2, -0.15) is 0 Å². The van der Waals surface area contributed by atoms with Gasteiger partial charge in [0.25, 0.3) is 10.0 Å². The van der Waals surface area contributed by atoms with Gasteiger partial charge in [-0.1, -0.05) is 36.4 Å². The van der Waals surface area contributed by atoms with Crippen molar-refractivity contribution < 1.29 is 18.2 Å². The van der Waals surface area contributed by atoms with Crippen molar-refractivity contribution in [2.45, 2.75) is 11.1 Å². The number of anilines is 1. The predicted octanol–water partition coefficient (Wildman–Crippen LogP) is 2.57. The van der Waals surface area contributed by atoms with Crippen molar-refractivity contribution in [3.63, 3.8) is 0 Å². The monoisotopic (exact) mass is 315 g/mol.